The van der Waals surface area contributed by atoms with Crippen LogP contribution in [0.3, 0.4) is 0 Å². The van der Waals surface area contributed by atoms with Crippen LogP contribution in [0.2, 0.25) is 0 Å². The molecule has 0 aromatic carbocycles. The quantitative estimate of drug-likeness (QED) is 0.683. The third kappa shape index (κ3) is 24.6. The topological polar surface area (TPSA) is 68.7 Å². The summed E-state index contributed by atoms with van der Waals surface area (Å²) in [6.45, 7) is 2.52. The van der Waals surface area contributed by atoms with Gasteiger partial charge in [0.2, 0.25) is 0 Å². The average Bonchev–Trinajstić information content (AvgIpc) is 2.13. The van der Waals surface area contributed by atoms with Gasteiger partial charge in [-0.05, 0) is 0 Å². The Morgan fingerprint density at radius 3 is 1.38 bits per heavy atom. The fourth-order valence-corrected chi connectivity index (χ4v) is 0.506. The Hall–Kier alpha value is 0.926. The van der Waals surface area contributed by atoms with Gasteiger partial charge in [0.1, 0.15) is 0 Å². The number of aliphatic hydroxyl groups is 2. The standard InChI is InChI=1S/C6H14N2O2.2ClH.Co/c9-5-3-7-1-2-8-4-6-10;;;/h9-10H,1-6H2;2*1H;/q-2;;;+2/p-2. The molecule has 0 unspecified atom stereocenters. The fraction of sp³-hybridized carbons (Fsp3) is 1.00. The molecule has 0 atom stereocenters. The number of aliphatic hydroxyl groups excluding tert-OH is 2. The molecule has 0 spiro atoms. The Bertz CT molecular complexity index is 75.7. The van der Waals surface area contributed by atoms with Crippen LogP contribution in [0.25, 0.3) is 10.6 Å². The summed E-state index contributed by atoms with van der Waals surface area (Å²) >= 11 is 0.382. The molecule has 0 aromatic rings. The predicted molar refractivity (Wildman–Crippen MR) is 52.1 cm³/mol. The molecule has 7 heteroatoms. The third-order valence-electron chi connectivity index (χ3n) is 0.932. The van der Waals surface area contributed by atoms with Crippen molar-refractivity contribution in [1.29, 1.82) is 0 Å². The van der Waals surface area contributed by atoms with Crippen LogP contribution in [0.5, 0.6) is 0 Å². The van der Waals surface area contributed by atoms with E-state index < -0.39 is 0 Å². The van der Waals surface area contributed by atoms with Crippen molar-refractivity contribution >= 4 is 20.3 Å². The van der Waals surface area contributed by atoms with Gasteiger partial charge in [0.15, 0.2) is 0 Å². The van der Waals surface area contributed by atoms with Crippen LogP contribution in [0.15, 0.2) is 0 Å². The average molecular weight is 276 g/mol. The molecule has 0 aliphatic rings. The Balaban J connectivity index is 0. The molecule has 0 aromatic heterocycles. The minimum absolute atomic E-state index is 0.111. The van der Waals surface area contributed by atoms with Gasteiger partial charge in [-0.3, -0.25) is 0 Å². The van der Waals surface area contributed by atoms with Crippen LogP contribution < -0.4 is 0 Å². The Labute approximate surface area is 93.5 Å². The fourth-order valence-electron chi connectivity index (χ4n) is 0.506. The molecule has 0 radical (unpaired) electrons. The molecule has 85 valence electrons. The first kappa shape index (κ1) is 16.4. The molecule has 4 nitrogen and oxygen atoms in total. The second kappa shape index (κ2) is 18.7. The van der Waals surface area contributed by atoms with Gasteiger partial charge < -0.3 is 20.8 Å². The molecule has 0 rings (SSSR count). The zero-order valence-corrected chi connectivity index (χ0v) is 9.67. The van der Waals surface area contributed by atoms with Crippen molar-refractivity contribution < 1.29 is 23.1 Å². The third-order valence-corrected chi connectivity index (χ3v) is 0.932. The van der Waals surface area contributed by atoms with Gasteiger partial charge in [-0.15, -0.1) is 13.1 Å². The normalized spacial score (nSPS) is 9.54. The Morgan fingerprint density at radius 2 is 1.15 bits per heavy atom. The molecule has 0 bridgehead atoms. The van der Waals surface area contributed by atoms with Gasteiger partial charge in [0, 0.05) is 13.2 Å². The second-order valence-corrected chi connectivity index (χ2v) is 3.56. The number of hydrogen-bond donors (Lipinski definition) is 2. The number of hydrogen-bond acceptors (Lipinski definition) is 2. The number of rotatable bonds is 7. The number of halogens is 2. The Kier molecular flexibility index (Phi) is 23.5. The van der Waals surface area contributed by atoms with E-state index in [1.165, 1.54) is 0 Å². The van der Waals surface area contributed by atoms with E-state index in [9.17, 15) is 0 Å². The van der Waals surface area contributed by atoms with Gasteiger partial charge in [0.25, 0.3) is 0 Å². The molecule has 0 saturated carbocycles. The van der Waals surface area contributed by atoms with E-state index in [2.05, 4.69) is 10.6 Å². The van der Waals surface area contributed by atoms with Crippen molar-refractivity contribution in [3.8, 4) is 0 Å². The van der Waals surface area contributed by atoms with E-state index in [0.29, 0.717) is 39.1 Å². The summed E-state index contributed by atoms with van der Waals surface area (Å²) in [6, 6.07) is 0. The summed E-state index contributed by atoms with van der Waals surface area (Å²) in [5, 5.41) is 24.5. The summed E-state index contributed by atoms with van der Waals surface area (Å²) < 4.78 is 0. The van der Waals surface area contributed by atoms with Crippen LogP contribution in [-0.4, -0.2) is 49.6 Å². The van der Waals surface area contributed by atoms with Crippen molar-refractivity contribution in [2.75, 3.05) is 39.4 Å². The van der Waals surface area contributed by atoms with Crippen LogP contribution in [0.1, 0.15) is 0 Å². The van der Waals surface area contributed by atoms with Gasteiger partial charge >= 0.3 is 33.2 Å². The van der Waals surface area contributed by atoms with Crippen LogP contribution >= 0.6 is 20.3 Å². The predicted octanol–water partition coefficient (Wildman–Crippen LogP) is 1.09. The van der Waals surface area contributed by atoms with Crippen LogP contribution in [0.4, 0.5) is 0 Å². The molecule has 13 heavy (non-hydrogen) atoms. The first-order valence-corrected chi connectivity index (χ1v) is 6.51. The van der Waals surface area contributed by atoms with Crippen molar-refractivity contribution in [2.45, 2.75) is 0 Å². The molecule has 0 saturated heterocycles. The van der Waals surface area contributed by atoms with Crippen LogP contribution in [0, 0.1) is 0 Å². The summed E-state index contributed by atoms with van der Waals surface area (Å²) in [7, 11) is 9.47. The zero-order valence-electron chi connectivity index (χ0n) is 7.12. The first-order chi connectivity index (χ1) is 6.33. The maximum atomic E-state index is 8.30. The summed E-state index contributed by atoms with van der Waals surface area (Å²) in [6.07, 6.45) is 0. The van der Waals surface area contributed by atoms with Crippen molar-refractivity contribution in [1.82, 2.24) is 0 Å². The van der Waals surface area contributed by atoms with E-state index in [1.807, 2.05) is 0 Å². The van der Waals surface area contributed by atoms with Gasteiger partial charge in [-0.1, -0.05) is 0 Å². The summed E-state index contributed by atoms with van der Waals surface area (Å²) in [5.41, 5.74) is 0. The first-order valence-electron chi connectivity index (χ1n) is 3.65. The monoisotopic (exact) mass is 275 g/mol. The SMILES string of the molecule is OCC[N-]CC[N-]CCO.[Cl][Co][Cl]. The summed E-state index contributed by atoms with van der Waals surface area (Å²) in [5.74, 6) is 0. The van der Waals surface area contributed by atoms with E-state index in [1.54, 1.807) is 0 Å². The number of nitrogens with zero attached hydrogens (tertiary/aromatic N) is 2. The zero-order chi connectivity index (χ0) is 10.4. The Morgan fingerprint density at radius 1 is 0.846 bits per heavy atom. The molecule has 2 N–H and O–H groups in total. The van der Waals surface area contributed by atoms with Crippen molar-refractivity contribution in [2.24, 2.45) is 0 Å². The van der Waals surface area contributed by atoms with Crippen LogP contribution in [-0.2, 0) is 12.9 Å². The van der Waals surface area contributed by atoms with Crippen molar-refractivity contribution in [3.63, 3.8) is 0 Å². The minimum atomic E-state index is 0.111. The molecular formula is C6H14Cl2CoN2O2-2. The molecule has 0 fully saturated rings. The summed E-state index contributed by atoms with van der Waals surface area (Å²) in [4.78, 5) is 0. The van der Waals surface area contributed by atoms with E-state index in [4.69, 9.17) is 30.5 Å². The molecule has 0 heterocycles. The van der Waals surface area contributed by atoms with Gasteiger partial charge in [0.05, 0.1) is 0 Å². The van der Waals surface area contributed by atoms with Gasteiger partial charge in [-0.2, -0.15) is 13.1 Å². The van der Waals surface area contributed by atoms with Gasteiger partial charge in [-0.25, -0.2) is 0 Å². The maximum absolute atomic E-state index is 8.30. The molecular weight excluding hydrogens is 262 g/mol. The van der Waals surface area contributed by atoms with E-state index in [-0.39, 0.29) is 13.2 Å². The molecule has 0 aliphatic carbocycles. The van der Waals surface area contributed by atoms with E-state index >= 15 is 0 Å². The van der Waals surface area contributed by atoms with E-state index in [0.717, 1.165) is 0 Å². The molecule has 0 amide bonds. The molecule has 0 aliphatic heterocycles. The second-order valence-electron chi connectivity index (χ2n) is 1.84. The van der Waals surface area contributed by atoms with Crippen molar-refractivity contribution in [3.05, 3.63) is 10.6 Å².